The highest BCUT2D eigenvalue weighted by Crippen LogP contribution is 2.20. The van der Waals surface area contributed by atoms with Gasteiger partial charge in [0.25, 0.3) is 5.91 Å². The Bertz CT molecular complexity index is 780. The molecule has 0 atom stereocenters. The van der Waals surface area contributed by atoms with Crippen molar-refractivity contribution in [2.24, 2.45) is 0 Å². The summed E-state index contributed by atoms with van der Waals surface area (Å²) in [6.45, 7) is 2.71. The molecular formula is C17H18N4OS. The fourth-order valence-corrected chi connectivity index (χ4v) is 3.11. The van der Waals surface area contributed by atoms with Crippen LogP contribution in [-0.4, -0.2) is 27.7 Å². The first kappa shape index (κ1) is 15.4. The van der Waals surface area contributed by atoms with E-state index in [2.05, 4.69) is 22.2 Å². The van der Waals surface area contributed by atoms with Crippen LogP contribution in [0.2, 0.25) is 0 Å². The zero-order chi connectivity index (χ0) is 16.2. The van der Waals surface area contributed by atoms with Gasteiger partial charge in [0, 0.05) is 18.6 Å². The largest absolute Gasteiger partial charge is 0.287 e. The molecule has 2 aromatic heterocycles. The van der Waals surface area contributed by atoms with Crippen LogP contribution in [0, 0.1) is 0 Å². The van der Waals surface area contributed by atoms with Crippen LogP contribution < -0.4 is 4.90 Å². The van der Waals surface area contributed by atoms with Gasteiger partial charge < -0.3 is 0 Å². The van der Waals surface area contributed by atoms with Crippen LogP contribution in [0.25, 0.3) is 0 Å². The summed E-state index contributed by atoms with van der Waals surface area (Å²) in [7, 11) is 1.75. The van der Waals surface area contributed by atoms with E-state index in [9.17, 15) is 4.79 Å². The predicted molar refractivity (Wildman–Crippen MR) is 92.0 cm³/mol. The molecule has 2 heterocycles. The first-order chi connectivity index (χ1) is 11.2. The van der Waals surface area contributed by atoms with E-state index in [0.29, 0.717) is 17.2 Å². The monoisotopic (exact) mass is 326 g/mol. The number of hydrogen-bond acceptors (Lipinski definition) is 4. The Morgan fingerprint density at radius 2 is 2.09 bits per heavy atom. The summed E-state index contributed by atoms with van der Waals surface area (Å²) in [5, 5.41) is 6.97. The van der Waals surface area contributed by atoms with Gasteiger partial charge in [-0.25, -0.2) is 4.98 Å². The van der Waals surface area contributed by atoms with Crippen LogP contribution >= 0.6 is 11.3 Å². The third-order valence-corrected chi connectivity index (χ3v) is 4.55. The van der Waals surface area contributed by atoms with E-state index < -0.39 is 0 Å². The van der Waals surface area contributed by atoms with Gasteiger partial charge in [0.1, 0.15) is 0 Å². The molecule has 0 saturated heterocycles. The lowest BCUT2D eigenvalue weighted by atomic mass is 10.1. The molecule has 1 aromatic carbocycles. The Kier molecular flexibility index (Phi) is 4.52. The minimum absolute atomic E-state index is 0.0730. The molecule has 0 radical (unpaired) electrons. The third-order valence-electron chi connectivity index (χ3n) is 3.70. The molecule has 118 valence electrons. The van der Waals surface area contributed by atoms with E-state index in [1.807, 2.05) is 35.2 Å². The topological polar surface area (TPSA) is 51.0 Å². The third kappa shape index (κ3) is 3.17. The number of hydrogen-bond donors (Lipinski definition) is 0. The van der Waals surface area contributed by atoms with Crippen molar-refractivity contribution in [2.75, 3.05) is 11.9 Å². The Balaban J connectivity index is 1.87. The number of benzene rings is 1. The molecular weight excluding hydrogens is 308 g/mol. The maximum Gasteiger partial charge on any atom is 0.263 e. The first-order valence-corrected chi connectivity index (χ1v) is 8.34. The van der Waals surface area contributed by atoms with Gasteiger partial charge in [-0.15, -0.1) is 11.3 Å². The molecule has 0 aliphatic carbocycles. The lowest BCUT2D eigenvalue weighted by Crippen LogP contribution is -2.27. The van der Waals surface area contributed by atoms with Crippen LogP contribution in [0.1, 0.15) is 28.5 Å². The van der Waals surface area contributed by atoms with Gasteiger partial charge in [-0.2, -0.15) is 5.10 Å². The van der Waals surface area contributed by atoms with E-state index in [1.165, 1.54) is 11.3 Å². The second kappa shape index (κ2) is 6.75. The highest BCUT2D eigenvalue weighted by Gasteiger charge is 2.21. The van der Waals surface area contributed by atoms with Crippen molar-refractivity contribution in [3.8, 4) is 0 Å². The summed E-state index contributed by atoms with van der Waals surface area (Å²) in [4.78, 5) is 18.5. The van der Waals surface area contributed by atoms with E-state index in [4.69, 9.17) is 0 Å². The van der Waals surface area contributed by atoms with Gasteiger partial charge in [-0.3, -0.25) is 14.4 Å². The molecule has 3 rings (SSSR count). The van der Waals surface area contributed by atoms with Crippen LogP contribution in [0.3, 0.4) is 0 Å². The Hall–Kier alpha value is -2.47. The van der Waals surface area contributed by atoms with Gasteiger partial charge in [0.15, 0.2) is 5.13 Å². The molecule has 0 N–H and O–H groups in total. The van der Waals surface area contributed by atoms with Crippen LogP contribution in [0.5, 0.6) is 0 Å². The molecule has 0 spiro atoms. The molecule has 3 aromatic rings. The standard InChI is InChI=1S/C17H18N4OS/c1-3-15-14(16(22)20(2)17-18-9-10-23-17)11-19-21(15)12-13-7-5-4-6-8-13/h4-11H,3,12H2,1-2H3. The number of aromatic nitrogens is 3. The van der Waals surface area contributed by atoms with Crippen molar-refractivity contribution in [3.63, 3.8) is 0 Å². The number of carbonyl (C=O) groups excluding carboxylic acids is 1. The lowest BCUT2D eigenvalue weighted by Gasteiger charge is -2.14. The SMILES string of the molecule is CCc1c(C(=O)N(C)c2nccs2)cnn1Cc1ccccc1. The maximum atomic E-state index is 12.7. The van der Waals surface area contributed by atoms with Crippen molar-refractivity contribution in [2.45, 2.75) is 19.9 Å². The van der Waals surface area contributed by atoms with Gasteiger partial charge in [0.05, 0.1) is 24.0 Å². The molecule has 0 fully saturated rings. The van der Waals surface area contributed by atoms with Gasteiger partial charge in [0.2, 0.25) is 0 Å². The molecule has 0 saturated carbocycles. The van der Waals surface area contributed by atoms with Crippen molar-refractivity contribution < 1.29 is 4.79 Å². The highest BCUT2D eigenvalue weighted by atomic mass is 32.1. The number of anilines is 1. The number of carbonyl (C=O) groups is 1. The molecule has 6 heteroatoms. The van der Waals surface area contributed by atoms with Crippen molar-refractivity contribution >= 4 is 22.4 Å². The average Bonchev–Trinajstić information content (AvgIpc) is 3.24. The molecule has 0 bridgehead atoms. The second-order valence-electron chi connectivity index (χ2n) is 5.18. The fourth-order valence-electron chi connectivity index (χ4n) is 2.50. The van der Waals surface area contributed by atoms with E-state index in [0.717, 1.165) is 17.7 Å². The molecule has 1 amide bonds. The van der Waals surface area contributed by atoms with E-state index >= 15 is 0 Å². The Morgan fingerprint density at radius 1 is 1.30 bits per heavy atom. The van der Waals surface area contributed by atoms with Crippen LogP contribution in [0.15, 0.2) is 48.1 Å². The quantitative estimate of drug-likeness (QED) is 0.723. The number of thiazole rings is 1. The zero-order valence-electron chi connectivity index (χ0n) is 13.1. The fraction of sp³-hybridized carbons (Fsp3) is 0.235. The summed E-state index contributed by atoms with van der Waals surface area (Å²) in [6.07, 6.45) is 4.11. The lowest BCUT2D eigenvalue weighted by molar-refractivity contribution is 0.0992. The summed E-state index contributed by atoms with van der Waals surface area (Å²) < 4.78 is 1.90. The van der Waals surface area contributed by atoms with Crippen LogP contribution in [0.4, 0.5) is 5.13 Å². The highest BCUT2D eigenvalue weighted by molar-refractivity contribution is 7.13. The summed E-state index contributed by atoms with van der Waals surface area (Å²) in [5.41, 5.74) is 2.75. The van der Waals surface area contributed by atoms with Gasteiger partial charge in [-0.05, 0) is 12.0 Å². The minimum atomic E-state index is -0.0730. The molecule has 0 aliphatic rings. The maximum absolute atomic E-state index is 12.7. The van der Waals surface area contributed by atoms with E-state index in [1.54, 1.807) is 24.3 Å². The second-order valence-corrected chi connectivity index (χ2v) is 6.05. The predicted octanol–water partition coefficient (Wildman–Crippen LogP) is 3.23. The summed E-state index contributed by atoms with van der Waals surface area (Å²) in [5.74, 6) is -0.0730. The smallest absolute Gasteiger partial charge is 0.263 e. The zero-order valence-corrected chi connectivity index (χ0v) is 14.0. The molecule has 5 nitrogen and oxygen atoms in total. The average molecular weight is 326 g/mol. The normalized spacial score (nSPS) is 10.7. The number of rotatable bonds is 5. The first-order valence-electron chi connectivity index (χ1n) is 7.47. The number of amides is 1. The van der Waals surface area contributed by atoms with Crippen molar-refractivity contribution in [1.29, 1.82) is 0 Å². The van der Waals surface area contributed by atoms with Gasteiger partial charge >= 0.3 is 0 Å². The molecule has 0 aliphatic heterocycles. The molecule has 0 unspecified atom stereocenters. The van der Waals surface area contributed by atoms with Crippen molar-refractivity contribution in [1.82, 2.24) is 14.8 Å². The summed E-state index contributed by atoms with van der Waals surface area (Å²) >= 11 is 1.44. The minimum Gasteiger partial charge on any atom is -0.287 e. The van der Waals surface area contributed by atoms with Gasteiger partial charge in [-0.1, -0.05) is 37.3 Å². The Labute approximate surface area is 139 Å². The van der Waals surface area contributed by atoms with Crippen LogP contribution in [-0.2, 0) is 13.0 Å². The number of nitrogens with zero attached hydrogens (tertiary/aromatic N) is 4. The van der Waals surface area contributed by atoms with E-state index in [-0.39, 0.29) is 5.91 Å². The van der Waals surface area contributed by atoms with Crippen molar-refractivity contribution in [3.05, 3.63) is 64.9 Å². The summed E-state index contributed by atoms with van der Waals surface area (Å²) in [6, 6.07) is 10.1. The molecule has 23 heavy (non-hydrogen) atoms. The Morgan fingerprint density at radius 3 is 2.74 bits per heavy atom.